The van der Waals surface area contributed by atoms with Crippen molar-refractivity contribution in [1.82, 2.24) is 9.88 Å². The number of amides is 1. The minimum atomic E-state index is -0.518. The highest BCUT2D eigenvalue weighted by atomic mass is 35.5. The fraction of sp³-hybridized carbons (Fsp3) is 0.407. The van der Waals surface area contributed by atoms with Crippen LogP contribution in [0.15, 0.2) is 35.7 Å². The van der Waals surface area contributed by atoms with Gasteiger partial charge in [0, 0.05) is 40.0 Å². The molecule has 190 valence electrons. The summed E-state index contributed by atoms with van der Waals surface area (Å²) in [5, 5.41) is 4.24. The van der Waals surface area contributed by atoms with Crippen molar-refractivity contribution in [2.75, 3.05) is 20.2 Å². The molecule has 6 nitrogen and oxygen atoms in total. The lowest BCUT2D eigenvalue weighted by Crippen LogP contribution is -2.38. The number of fused-ring (bicyclic) bond motifs is 1. The largest absolute Gasteiger partial charge is 0.496 e. The Kier molecular flexibility index (Phi) is 7.84. The van der Waals surface area contributed by atoms with Gasteiger partial charge in [0.25, 0.3) is 0 Å². The number of carbonyl (C=O) groups is 1. The van der Waals surface area contributed by atoms with Gasteiger partial charge in [0.1, 0.15) is 11.4 Å². The molecule has 0 saturated carbocycles. The monoisotopic (exact) mass is 546 g/mol. The van der Waals surface area contributed by atoms with Gasteiger partial charge in [-0.3, -0.25) is 4.79 Å². The summed E-state index contributed by atoms with van der Waals surface area (Å²) in [5.74, 6) is 1.20. The van der Waals surface area contributed by atoms with Gasteiger partial charge in [0.15, 0.2) is 0 Å². The first kappa shape index (κ1) is 25.5. The zero-order chi connectivity index (χ0) is 25.2. The summed E-state index contributed by atoms with van der Waals surface area (Å²) in [7, 11) is 1.67. The van der Waals surface area contributed by atoms with Gasteiger partial charge in [-0.1, -0.05) is 29.3 Å². The highest BCUT2D eigenvalue weighted by Crippen LogP contribution is 2.36. The van der Waals surface area contributed by atoms with Gasteiger partial charge < -0.3 is 19.1 Å². The topological polar surface area (TPSA) is 60.9 Å². The lowest BCUT2D eigenvalue weighted by atomic mass is 9.97. The third-order valence-electron chi connectivity index (χ3n) is 6.93. The molecule has 0 radical (unpaired) electrons. The van der Waals surface area contributed by atoms with Crippen LogP contribution >= 0.6 is 34.5 Å². The summed E-state index contributed by atoms with van der Waals surface area (Å²) in [5.41, 5.74) is 4.87. The highest BCUT2D eigenvalue weighted by molar-refractivity contribution is 7.09. The number of carbonyl (C=O) groups excluding carboxylic acids is 1. The Morgan fingerprint density at radius 2 is 1.89 bits per heavy atom. The molecule has 0 bridgehead atoms. The molecule has 9 heteroatoms. The number of hydrogen-bond acceptors (Lipinski definition) is 6. The van der Waals surface area contributed by atoms with Crippen LogP contribution in [0, 0.1) is 6.92 Å². The van der Waals surface area contributed by atoms with E-state index in [9.17, 15) is 4.79 Å². The van der Waals surface area contributed by atoms with Crippen LogP contribution in [0.4, 0.5) is 0 Å². The zero-order valence-electron chi connectivity index (χ0n) is 20.3. The normalized spacial score (nSPS) is 18.6. The summed E-state index contributed by atoms with van der Waals surface area (Å²) in [4.78, 5) is 19.6. The van der Waals surface area contributed by atoms with E-state index in [-0.39, 0.29) is 12.3 Å². The highest BCUT2D eigenvalue weighted by Gasteiger charge is 2.29. The fourth-order valence-electron chi connectivity index (χ4n) is 4.80. The molecule has 2 aromatic carbocycles. The van der Waals surface area contributed by atoms with Crippen LogP contribution in [0.1, 0.15) is 58.0 Å². The van der Waals surface area contributed by atoms with E-state index in [1.165, 1.54) is 0 Å². The number of benzene rings is 2. The van der Waals surface area contributed by atoms with Crippen LogP contribution in [0.3, 0.4) is 0 Å². The van der Waals surface area contributed by atoms with Crippen molar-refractivity contribution in [1.29, 1.82) is 0 Å². The van der Waals surface area contributed by atoms with Crippen LogP contribution in [0.25, 0.3) is 0 Å². The Morgan fingerprint density at radius 3 is 2.64 bits per heavy atom. The first-order valence-corrected chi connectivity index (χ1v) is 13.6. The Hall–Kier alpha value is -2.16. The molecule has 1 atom stereocenters. The average molecular weight is 548 g/mol. The van der Waals surface area contributed by atoms with Crippen molar-refractivity contribution in [3.05, 3.63) is 78.7 Å². The van der Waals surface area contributed by atoms with Gasteiger partial charge in [0.05, 0.1) is 31.8 Å². The van der Waals surface area contributed by atoms with Gasteiger partial charge in [-0.05, 0) is 60.7 Å². The summed E-state index contributed by atoms with van der Waals surface area (Å²) in [6.07, 6.45) is 1.48. The first-order valence-electron chi connectivity index (χ1n) is 12.0. The number of aromatic nitrogens is 1. The van der Waals surface area contributed by atoms with Crippen LogP contribution in [-0.4, -0.2) is 36.0 Å². The standard InChI is InChI=1S/C27H28Cl2N2O4S/c1-16-3-6-24(33-2)21-14-35-27(34-13-20(16)21)23-15-36-26(30-23)17-7-9-31(10-8-17)25(32)12-18-11-19(28)4-5-22(18)29/h3-6,11,15,17,27H,7-10,12-14H2,1-2H3. The van der Waals surface area contributed by atoms with Crippen molar-refractivity contribution < 1.29 is 19.0 Å². The molecular weight excluding hydrogens is 519 g/mol. The van der Waals surface area contributed by atoms with Crippen molar-refractivity contribution in [2.24, 2.45) is 0 Å². The summed E-state index contributed by atoms with van der Waals surface area (Å²) >= 11 is 14.0. The Bertz CT molecular complexity index is 1260. The number of hydrogen-bond donors (Lipinski definition) is 0. The van der Waals surface area contributed by atoms with Crippen molar-refractivity contribution in [3.63, 3.8) is 0 Å². The quantitative estimate of drug-likeness (QED) is 0.367. The van der Waals surface area contributed by atoms with Crippen LogP contribution in [0.5, 0.6) is 5.75 Å². The number of nitrogens with zero attached hydrogens (tertiary/aromatic N) is 2. The van der Waals surface area contributed by atoms with Gasteiger partial charge in [-0.25, -0.2) is 4.98 Å². The van der Waals surface area contributed by atoms with Crippen LogP contribution < -0.4 is 4.74 Å². The number of piperidine rings is 1. The summed E-state index contributed by atoms with van der Waals surface area (Å²) in [6, 6.07) is 9.24. The number of methoxy groups -OCH3 is 1. The van der Waals surface area contributed by atoms with E-state index in [0.717, 1.165) is 51.5 Å². The molecule has 0 N–H and O–H groups in total. The number of halogens is 2. The molecular formula is C27H28Cl2N2O4S. The molecule has 3 aromatic rings. The number of likely N-dealkylation sites (tertiary alicyclic amines) is 1. The fourth-order valence-corrected chi connectivity index (χ4v) is 6.17. The second kappa shape index (κ2) is 11.1. The van der Waals surface area contributed by atoms with Crippen molar-refractivity contribution in [3.8, 4) is 5.75 Å². The number of ether oxygens (including phenoxy) is 3. The van der Waals surface area contributed by atoms with E-state index < -0.39 is 6.29 Å². The Balaban J connectivity index is 1.19. The SMILES string of the molecule is COc1ccc(C)c2c1COC(c1csc(C3CCN(C(=O)Cc4cc(Cl)ccc4Cl)CC3)n1)OC2. The first-order chi connectivity index (χ1) is 17.4. The minimum absolute atomic E-state index is 0.0722. The molecule has 1 amide bonds. The van der Waals surface area contributed by atoms with E-state index in [0.29, 0.717) is 42.3 Å². The molecule has 2 aliphatic heterocycles. The van der Waals surface area contributed by atoms with E-state index in [1.54, 1.807) is 36.6 Å². The molecule has 36 heavy (non-hydrogen) atoms. The van der Waals surface area contributed by atoms with E-state index in [1.807, 2.05) is 22.4 Å². The lowest BCUT2D eigenvalue weighted by molar-refractivity contribution is -0.155. The molecule has 5 rings (SSSR count). The number of thiazole rings is 1. The van der Waals surface area contributed by atoms with Crippen LogP contribution in [0.2, 0.25) is 10.0 Å². The second-order valence-electron chi connectivity index (χ2n) is 9.17. The smallest absolute Gasteiger partial charge is 0.227 e. The maximum Gasteiger partial charge on any atom is 0.227 e. The van der Waals surface area contributed by atoms with Crippen LogP contribution in [-0.2, 0) is 33.9 Å². The van der Waals surface area contributed by atoms with Crippen molar-refractivity contribution in [2.45, 2.75) is 51.6 Å². The third kappa shape index (κ3) is 5.41. The predicted molar refractivity (Wildman–Crippen MR) is 141 cm³/mol. The molecule has 3 heterocycles. The van der Waals surface area contributed by atoms with Crippen molar-refractivity contribution >= 4 is 40.4 Å². The number of rotatable bonds is 5. The molecule has 0 aliphatic carbocycles. The van der Waals surface area contributed by atoms with E-state index in [2.05, 4.69) is 6.92 Å². The lowest BCUT2D eigenvalue weighted by Gasteiger charge is -2.31. The van der Waals surface area contributed by atoms with Gasteiger partial charge in [0.2, 0.25) is 12.2 Å². The zero-order valence-corrected chi connectivity index (χ0v) is 22.6. The molecule has 2 aliphatic rings. The third-order valence-corrected chi connectivity index (χ3v) is 8.56. The van der Waals surface area contributed by atoms with Gasteiger partial charge in [-0.2, -0.15) is 0 Å². The predicted octanol–water partition coefficient (Wildman–Crippen LogP) is 6.46. The molecule has 0 spiro atoms. The minimum Gasteiger partial charge on any atom is -0.496 e. The Labute approximate surface area is 225 Å². The van der Waals surface area contributed by atoms with Gasteiger partial charge in [-0.15, -0.1) is 11.3 Å². The van der Waals surface area contributed by atoms with E-state index >= 15 is 0 Å². The summed E-state index contributed by atoms with van der Waals surface area (Å²) < 4.78 is 17.7. The maximum absolute atomic E-state index is 12.8. The maximum atomic E-state index is 12.8. The average Bonchev–Trinajstić information content (AvgIpc) is 3.26. The molecule has 1 aromatic heterocycles. The Morgan fingerprint density at radius 1 is 1.14 bits per heavy atom. The second-order valence-corrected chi connectivity index (χ2v) is 10.9. The van der Waals surface area contributed by atoms with E-state index in [4.69, 9.17) is 42.4 Å². The molecule has 1 unspecified atom stereocenters. The molecule has 1 saturated heterocycles. The van der Waals surface area contributed by atoms with Gasteiger partial charge >= 0.3 is 0 Å². The summed E-state index contributed by atoms with van der Waals surface area (Å²) in [6.45, 7) is 4.33. The number of aryl methyl sites for hydroxylation is 1. The molecule has 1 fully saturated rings.